The normalized spacial score (nSPS) is 22.5. The van der Waals surface area contributed by atoms with Crippen LogP contribution in [0.4, 0.5) is 0 Å². The molecule has 1 fully saturated rings. The van der Waals surface area contributed by atoms with Crippen molar-refractivity contribution in [2.24, 2.45) is 11.7 Å². The van der Waals surface area contributed by atoms with Crippen LogP contribution in [0.2, 0.25) is 0 Å². The molecule has 2 N–H and O–H groups in total. The van der Waals surface area contributed by atoms with E-state index in [1.807, 2.05) is 30.3 Å². The van der Waals surface area contributed by atoms with Crippen molar-refractivity contribution in [3.63, 3.8) is 0 Å². The van der Waals surface area contributed by atoms with Gasteiger partial charge < -0.3 is 10.5 Å². The first-order valence-corrected chi connectivity index (χ1v) is 8.91. The third-order valence-corrected chi connectivity index (χ3v) is 5.97. The van der Waals surface area contributed by atoms with E-state index in [2.05, 4.69) is 0 Å². The number of sulfonamides is 1. The molecule has 0 aromatic heterocycles. The zero-order valence-electron chi connectivity index (χ0n) is 12.8. The van der Waals surface area contributed by atoms with Crippen LogP contribution in [-0.2, 0) is 14.8 Å². The second kappa shape index (κ2) is 8.84. The third-order valence-electron chi connectivity index (χ3n) is 4.08. The Morgan fingerprint density at radius 3 is 2.55 bits per heavy atom. The Morgan fingerprint density at radius 2 is 1.95 bits per heavy atom. The van der Waals surface area contributed by atoms with Crippen molar-refractivity contribution in [2.75, 3.05) is 39.1 Å². The number of hydrogen-bond acceptors (Lipinski definition) is 4. The SMILES string of the molecule is COCCCS(=O)(=O)N1C[C@@H](CN)[C@H](c2ccccc2)C1.Cl. The molecule has 1 aliphatic heterocycles. The fourth-order valence-corrected chi connectivity index (χ4v) is 4.44. The molecule has 0 unspecified atom stereocenters. The summed E-state index contributed by atoms with van der Waals surface area (Å²) in [6.07, 6.45) is 0.526. The quantitative estimate of drug-likeness (QED) is 0.757. The molecule has 1 aliphatic rings. The third kappa shape index (κ3) is 4.67. The lowest BCUT2D eigenvalue weighted by atomic mass is 9.89. The van der Waals surface area contributed by atoms with Gasteiger partial charge in [0.25, 0.3) is 0 Å². The summed E-state index contributed by atoms with van der Waals surface area (Å²) < 4.78 is 31.3. The fraction of sp³-hybridized carbons (Fsp3) is 0.600. The Labute approximate surface area is 139 Å². The van der Waals surface area contributed by atoms with Gasteiger partial charge in [-0.25, -0.2) is 12.7 Å². The van der Waals surface area contributed by atoms with Gasteiger partial charge in [-0.2, -0.15) is 0 Å². The summed E-state index contributed by atoms with van der Waals surface area (Å²) in [5, 5.41) is 0. The van der Waals surface area contributed by atoms with Crippen LogP contribution < -0.4 is 5.73 Å². The highest BCUT2D eigenvalue weighted by Gasteiger charge is 2.38. The molecular weight excluding hydrogens is 324 g/mol. The van der Waals surface area contributed by atoms with Crippen molar-refractivity contribution < 1.29 is 13.2 Å². The molecule has 0 saturated carbocycles. The molecule has 0 spiro atoms. The Hall–Kier alpha value is -0.660. The van der Waals surface area contributed by atoms with Crippen LogP contribution in [0.25, 0.3) is 0 Å². The molecule has 0 aliphatic carbocycles. The first-order chi connectivity index (χ1) is 10.1. The van der Waals surface area contributed by atoms with E-state index in [0.29, 0.717) is 32.7 Å². The van der Waals surface area contributed by atoms with Gasteiger partial charge in [-0.15, -0.1) is 12.4 Å². The van der Waals surface area contributed by atoms with Gasteiger partial charge in [0.1, 0.15) is 0 Å². The lowest BCUT2D eigenvalue weighted by Gasteiger charge is -2.17. The fourth-order valence-electron chi connectivity index (χ4n) is 2.89. The largest absolute Gasteiger partial charge is 0.385 e. The van der Waals surface area contributed by atoms with Gasteiger partial charge in [0, 0.05) is 32.7 Å². The number of hydrogen-bond donors (Lipinski definition) is 1. The van der Waals surface area contributed by atoms with E-state index in [1.54, 1.807) is 11.4 Å². The molecule has 126 valence electrons. The first-order valence-electron chi connectivity index (χ1n) is 7.30. The van der Waals surface area contributed by atoms with Crippen LogP contribution in [0.3, 0.4) is 0 Å². The van der Waals surface area contributed by atoms with Gasteiger partial charge in [0.05, 0.1) is 5.75 Å². The van der Waals surface area contributed by atoms with E-state index < -0.39 is 10.0 Å². The van der Waals surface area contributed by atoms with Gasteiger partial charge in [-0.1, -0.05) is 30.3 Å². The average molecular weight is 349 g/mol. The summed E-state index contributed by atoms with van der Waals surface area (Å²) in [6.45, 7) is 2.02. The second-order valence-corrected chi connectivity index (χ2v) is 7.58. The van der Waals surface area contributed by atoms with Crippen molar-refractivity contribution in [1.82, 2.24) is 4.31 Å². The van der Waals surface area contributed by atoms with E-state index in [0.717, 1.165) is 0 Å². The standard InChI is InChI=1S/C15H24N2O3S.ClH/c1-20-8-5-9-21(18,19)17-11-14(10-16)15(12-17)13-6-3-2-4-7-13;/h2-4,6-7,14-15H,5,8-12,16H2,1H3;1H/t14-,15+;/m1./s1. The Kier molecular flexibility index (Phi) is 7.79. The van der Waals surface area contributed by atoms with Crippen molar-refractivity contribution in [3.05, 3.63) is 35.9 Å². The van der Waals surface area contributed by atoms with Crippen LogP contribution in [0, 0.1) is 5.92 Å². The number of ether oxygens (including phenoxy) is 1. The summed E-state index contributed by atoms with van der Waals surface area (Å²) in [4.78, 5) is 0. The van der Waals surface area contributed by atoms with Crippen LogP contribution >= 0.6 is 12.4 Å². The number of rotatable bonds is 7. The van der Waals surface area contributed by atoms with Crippen LogP contribution in [0.1, 0.15) is 17.9 Å². The van der Waals surface area contributed by atoms with Crippen molar-refractivity contribution in [1.29, 1.82) is 0 Å². The molecule has 0 bridgehead atoms. The number of nitrogens with two attached hydrogens (primary N) is 1. The molecule has 2 atom stereocenters. The number of nitrogens with zero attached hydrogens (tertiary/aromatic N) is 1. The number of benzene rings is 1. The van der Waals surface area contributed by atoms with Crippen molar-refractivity contribution >= 4 is 22.4 Å². The van der Waals surface area contributed by atoms with Gasteiger partial charge in [0.15, 0.2) is 0 Å². The smallest absolute Gasteiger partial charge is 0.214 e. The number of halogens is 1. The molecule has 1 heterocycles. The van der Waals surface area contributed by atoms with Gasteiger partial charge >= 0.3 is 0 Å². The van der Waals surface area contributed by atoms with Gasteiger partial charge in [0.2, 0.25) is 10.0 Å². The van der Waals surface area contributed by atoms with E-state index >= 15 is 0 Å². The van der Waals surface area contributed by atoms with Crippen LogP contribution in [0.5, 0.6) is 0 Å². The Bertz CT molecular complexity index is 539. The van der Waals surface area contributed by atoms with Crippen molar-refractivity contribution in [3.8, 4) is 0 Å². The van der Waals surface area contributed by atoms with E-state index in [4.69, 9.17) is 10.5 Å². The zero-order valence-corrected chi connectivity index (χ0v) is 14.5. The highest BCUT2D eigenvalue weighted by molar-refractivity contribution is 7.89. The maximum absolute atomic E-state index is 12.4. The summed E-state index contributed by atoms with van der Waals surface area (Å²) in [5.41, 5.74) is 7.02. The second-order valence-electron chi connectivity index (χ2n) is 5.49. The van der Waals surface area contributed by atoms with Crippen LogP contribution in [-0.4, -0.2) is 51.8 Å². The summed E-state index contributed by atoms with van der Waals surface area (Å²) >= 11 is 0. The predicted molar refractivity (Wildman–Crippen MR) is 90.8 cm³/mol. The Morgan fingerprint density at radius 1 is 1.27 bits per heavy atom. The molecule has 0 amide bonds. The summed E-state index contributed by atoms with van der Waals surface area (Å²) in [7, 11) is -1.64. The minimum absolute atomic E-state index is 0. The maximum atomic E-state index is 12.4. The zero-order chi connectivity index (χ0) is 15.3. The highest BCUT2D eigenvalue weighted by Crippen LogP contribution is 2.33. The minimum atomic E-state index is -3.22. The monoisotopic (exact) mass is 348 g/mol. The lowest BCUT2D eigenvalue weighted by molar-refractivity contribution is 0.199. The Balaban J connectivity index is 0.00000242. The summed E-state index contributed by atoms with van der Waals surface area (Å²) in [6, 6.07) is 10.0. The van der Waals surface area contributed by atoms with E-state index in [-0.39, 0.29) is 30.0 Å². The van der Waals surface area contributed by atoms with Gasteiger partial charge in [-0.3, -0.25) is 0 Å². The molecule has 5 nitrogen and oxygen atoms in total. The van der Waals surface area contributed by atoms with Gasteiger partial charge in [-0.05, 0) is 24.4 Å². The molecular formula is C15H25ClN2O3S. The first kappa shape index (κ1) is 19.4. The highest BCUT2D eigenvalue weighted by atomic mass is 35.5. The molecule has 7 heteroatoms. The predicted octanol–water partition coefficient (Wildman–Crippen LogP) is 1.45. The van der Waals surface area contributed by atoms with Crippen LogP contribution in [0.15, 0.2) is 30.3 Å². The number of methoxy groups -OCH3 is 1. The summed E-state index contributed by atoms with van der Waals surface area (Å²) in [5.74, 6) is 0.512. The molecule has 22 heavy (non-hydrogen) atoms. The van der Waals surface area contributed by atoms with Crippen molar-refractivity contribution in [2.45, 2.75) is 12.3 Å². The topological polar surface area (TPSA) is 72.6 Å². The maximum Gasteiger partial charge on any atom is 0.214 e. The molecule has 1 saturated heterocycles. The minimum Gasteiger partial charge on any atom is -0.385 e. The van der Waals surface area contributed by atoms with E-state index in [1.165, 1.54) is 5.56 Å². The van der Waals surface area contributed by atoms with E-state index in [9.17, 15) is 8.42 Å². The molecule has 1 aromatic rings. The lowest BCUT2D eigenvalue weighted by Crippen LogP contribution is -2.32. The molecule has 1 aromatic carbocycles. The molecule has 2 rings (SSSR count). The molecule has 0 radical (unpaired) electrons. The average Bonchev–Trinajstić information content (AvgIpc) is 2.93.